The van der Waals surface area contributed by atoms with Crippen LogP contribution in [0, 0.1) is 0 Å². The monoisotopic (exact) mass is 273 g/mol. The molecule has 1 aromatic carbocycles. The summed E-state index contributed by atoms with van der Waals surface area (Å²) in [6, 6.07) is 9.29. The smallest absolute Gasteiger partial charge is 0.0529 e. The van der Waals surface area contributed by atoms with Gasteiger partial charge in [0.05, 0.1) is 6.04 Å². The van der Waals surface area contributed by atoms with E-state index in [1.54, 1.807) is 0 Å². The lowest BCUT2D eigenvalue weighted by atomic mass is 9.87. The molecule has 3 atom stereocenters. The fourth-order valence-corrected chi connectivity index (χ4v) is 2.76. The maximum Gasteiger partial charge on any atom is 0.0529 e. The van der Waals surface area contributed by atoms with Crippen LogP contribution in [0.15, 0.2) is 29.3 Å². The van der Waals surface area contributed by atoms with Gasteiger partial charge >= 0.3 is 0 Å². The summed E-state index contributed by atoms with van der Waals surface area (Å²) in [7, 11) is 0. The number of hydrogen-bond acceptors (Lipinski definition) is 3. The lowest BCUT2D eigenvalue weighted by Gasteiger charge is -2.28. The second kappa shape index (κ2) is 6.06. The Kier molecular flexibility index (Phi) is 4.61. The predicted molar refractivity (Wildman–Crippen MR) is 86.3 cm³/mol. The summed E-state index contributed by atoms with van der Waals surface area (Å²) in [5, 5.41) is 0. The van der Waals surface area contributed by atoms with Gasteiger partial charge in [0.25, 0.3) is 0 Å². The summed E-state index contributed by atoms with van der Waals surface area (Å²) < 4.78 is 0. The third-order valence-corrected chi connectivity index (χ3v) is 3.97. The van der Waals surface area contributed by atoms with Crippen molar-refractivity contribution >= 4 is 6.21 Å². The van der Waals surface area contributed by atoms with Crippen LogP contribution in [0.1, 0.15) is 51.2 Å². The highest BCUT2D eigenvalue weighted by molar-refractivity contribution is 5.79. The van der Waals surface area contributed by atoms with Gasteiger partial charge in [-0.2, -0.15) is 0 Å². The number of rotatable bonds is 2. The molecule has 0 saturated heterocycles. The summed E-state index contributed by atoms with van der Waals surface area (Å²) in [6.07, 6.45) is 4.78. The minimum absolute atomic E-state index is 0.193. The van der Waals surface area contributed by atoms with E-state index in [2.05, 4.69) is 50.0 Å². The number of nitrogens with two attached hydrogens (primary N) is 2. The molecule has 1 unspecified atom stereocenters. The van der Waals surface area contributed by atoms with Crippen molar-refractivity contribution in [2.45, 2.75) is 63.6 Å². The molecule has 3 heteroatoms. The molecule has 3 nitrogen and oxygen atoms in total. The van der Waals surface area contributed by atoms with Crippen LogP contribution in [0.4, 0.5) is 0 Å². The van der Waals surface area contributed by atoms with Crippen LogP contribution in [0.5, 0.6) is 0 Å². The predicted octanol–water partition coefficient (Wildman–Crippen LogP) is 2.61. The zero-order valence-corrected chi connectivity index (χ0v) is 12.8. The van der Waals surface area contributed by atoms with Gasteiger partial charge in [-0.3, -0.25) is 4.99 Å². The molecule has 0 radical (unpaired) electrons. The Morgan fingerprint density at radius 3 is 2.05 bits per heavy atom. The van der Waals surface area contributed by atoms with Crippen LogP contribution in [0.3, 0.4) is 0 Å². The first kappa shape index (κ1) is 15.2. The van der Waals surface area contributed by atoms with Crippen LogP contribution >= 0.6 is 0 Å². The fraction of sp³-hybridized carbons (Fsp3) is 0.588. The van der Waals surface area contributed by atoms with E-state index < -0.39 is 0 Å². The number of aliphatic imine (C=N–C) groups is 1. The summed E-state index contributed by atoms with van der Waals surface area (Å²) in [5.41, 5.74) is 14.7. The van der Waals surface area contributed by atoms with Crippen LogP contribution in [0.25, 0.3) is 0 Å². The van der Waals surface area contributed by atoms with E-state index in [9.17, 15) is 0 Å². The van der Waals surface area contributed by atoms with Gasteiger partial charge in [-0.05, 0) is 35.8 Å². The molecule has 4 N–H and O–H groups in total. The van der Waals surface area contributed by atoms with Crippen molar-refractivity contribution in [1.29, 1.82) is 0 Å². The molecule has 1 saturated carbocycles. The molecule has 1 fully saturated rings. The molecule has 1 aromatic rings. The lowest BCUT2D eigenvalue weighted by molar-refractivity contribution is 0.354. The van der Waals surface area contributed by atoms with Gasteiger partial charge in [-0.1, -0.05) is 45.0 Å². The standard InChI is InChI=1S/C17H27N3/c1-17(2,3)13-6-4-12(5-7-13)11-20-16-9-14(18)8-15(19)10-16/h4-7,11,14-16H,8-10,18-19H2,1-3H3/t14-,15+,16?. The highest BCUT2D eigenvalue weighted by Crippen LogP contribution is 2.22. The molecular weight excluding hydrogens is 246 g/mol. The highest BCUT2D eigenvalue weighted by atomic mass is 14.8. The Morgan fingerprint density at radius 2 is 1.55 bits per heavy atom. The second-order valence-electron chi connectivity index (χ2n) is 7.03. The summed E-state index contributed by atoms with van der Waals surface area (Å²) in [5.74, 6) is 0. The topological polar surface area (TPSA) is 64.4 Å². The quantitative estimate of drug-likeness (QED) is 0.814. The molecule has 2 rings (SSSR count). The molecule has 1 aliphatic rings. The van der Waals surface area contributed by atoms with Gasteiger partial charge in [0.15, 0.2) is 0 Å². The first-order valence-electron chi connectivity index (χ1n) is 7.49. The first-order chi connectivity index (χ1) is 9.34. The number of benzene rings is 1. The molecule has 0 heterocycles. The highest BCUT2D eigenvalue weighted by Gasteiger charge is 2.23. The Morgan fingerprint density at radius 1 is 1.00 bits per heavy atom. The van der Waals surface area contributed by atoms with Gasteiger partial charge in [0, 0.05) is 18.3 Å². The van der Waals surface area contributed by atoms with Crippen molar-refractivity contribution in [3.63, 3.8) is 0 Å². The van der Waals surface area contributed by atoms with Gasteiger partial charge in [-0.15, -0.1) is 0 Å². The van der Waals surface area contributed by atoms with Crippen molar-refractivity contribution in [1.82, 2.24) is 0 Å². The largest absolute Gasteiger partial charge is 0.328 e. The minimum atomic E-state index is 0.193. The van der Waals surface area contributed by atoms with Gasteiger partial charge < -0.3 is 11.5 Å². The van der Waals surface area contributed by atoms with E-state index >= 15 is 0 Å². The Hall–Kier alpha value is -1.19. The van der Waals surface area contributed by atoms with E-state index in [0.29, 0.717) is 0 Å². The van der Waals surface area contributed by atoms with Crippen LogP contribution in [0.2, 0.25) is 0 Å². The van der Waals surface area contributed by atoms with Crippen molar-refractivity contribution in [3.8, 4) is 0 Å². The Bertz CT molecular complexity index is 446. The molecule has 110 valence electrons. The lowest BCUT2D eigenvalue weighted by Crippen LogP contribution is -2.41. The second-order valence-corrected chi connectivity index (χ2v) is 7.03. The van der Waals surface area contributed by atoms with Gasteiger partial charge in [0.2, 0.25) is 0 Å². The normalized spacial score (nSPS) is 27.9. The van der Waals surface area contributed by atoms with E-state index in [0.717, 1.165) is 24.8 Å². The fourth-order valence-electron chi connectivity index (χ4n) is 2.76. The van der Waals surface area contributed by atoms with E-state index in [-0.39, 0.29) is 23.5 Å². The molecule has 0 bridgehead atoms. The maximum atomic E-state index is 6.00. The van der Waals surface area contributed by atoms with E-state index in [4.69, 9.17) is 11.5 Å². The zero-order chi connectivity index (χ0) is 14.8. The van der Waals surface area contributed by atoms with Crippen molar-refractivity contribution in [2.24, 2.45) is 16.5 Å². The third-order valence-electron chi connectivity index (χ3n) is 3.97. The molecule has 1 aliphatic carbocycles. The van der Waals surface area contributed by atoms with E-state index in [1.165, 1.54) is 5.56 Å². The van der Waals surface area contributed by atoms with Crippen LogP contribution < -0.4 is 11.5 Å². The SMILES string of the molecule is CC(C)(C)c1ccc(C=NC2C[C@@H](N)C[C@@H](N)C2)cc1. The average molecular weight is 273 g/mol. The third kappa shape index (κ3) is 4.15. The average Bonchev–Trinajstić information content (AvgIpc) is 2.35. The zero-order valence-electron chi connectivity index (χ0n) is 12.8. The Balaban J connectivity index is 2.01. The molecule has 0 amide bonds. The summed E-state index contributed by atoms with van der Waals surface area (Å²) >= 11 is 0. The van der Waals surface area contributed by atoms with Crippen molar-refractivity contribution in [2.75, 3.05) is 0 Å². The van der Waals surface area contributed by atoms with Gasteiger partial charge in [-0.25, -0.2) is 0 Å². The van der Waals surface area contributed by atoms with Gasteiger partial charge in [0.1, 0.15) is 0 Å². The van der Waals surface area contributed by atoms with E-state index in [1.807, 2.05) is 6.21 Å². The molecule has 0 aromatic heterocycles. The van der Waals surface area contributed by atoms with Crippen LogP contribution in [-0.2, 0) is 5.41 Å². The van der Waals surface area contributed by atoms with Crippen LogP contribution in [-0.4, -0.2) is 24.3 Å². The maximum absolute atomic E-state index is 6.00. The van der Waals surface area contributed by atoms with Crippen molar-refractivity contribution < 1.29 is 0 Å². The molecule has 0 spiro atoms. The summed E-state index contributed by atoms with van der Waals surface area (Å²) in [6.45, 7) is 6.67. The molecule has 0 aliphatic heterocycles. The minimum Gasteiger partial charge on any atom is -0.328 e. The summed E-state index contributed by atoms with van der Waals surface area (Å²) in [4.78, 5) is 4.66. The number of nitrogens with zero attached hydrogens (tertiary/aromatic N) is 1. The van der Waals surface area contributed by atoms with Crippen molar-refractivity contribution in [3.05, 3.63) is 35.4 Å². The first-order valence-corrected chi connectivity index (χ1v) is 7.49. The molecule has 20 heavy (non-hydrogen) atoms. The molecular formula is C17H27N3. The Labute approximate surface area is 122 Å². The number of hydrogen-bond donors (Lipinski definition) is 2.